The molecule has 0 aliphatic heterocycles. The van der Waals surface area contributed by atoms with Crippen molar-refractivity contribution in [3.05, 3.63) is 0 Å². The lowest BCUT2D eigenvalue weighted by Gasteiger charge is -2.38. The van der Waals surface area contributed by atoms with Gasteiger partial charge in [0.1, 0.15) is 0 Å². The van der Waals surface area contributed by atoms with Crippen LogP contribution >= 0.6 is 0 Å². The maximum absolute atomic E-state index is 10.2. The van der Waals surface area contributed by atoms with Gasteiger partial charge in [0.05, 0.1) is 12.5 Å². The van der Waals surface area contributed by atoms with Crippen LogP contribution in [0.5, 0.6) is 0 Å². The molecule has 0 spiro atoms. The summed E-state index contributed by atoms with van der Waals surface area (Å²) < 4.78 is 0. The summed E-state index contributed by atoms with van der Waals surface area (Å²) in [5.74, 6) is -0.950. The molecule has 0 aromatic heterocycles. The number of carboxylic acid groups (broad SMARTS) is 1. The molecule has 1 saturated carbocycles. The summed E-state index contributed by atoms with van der Waals surface area (Å²) >= 11 is 0. The SMILES string of the molecule is CC1(CNCC(O)CC(=O)O)CCC1. The Hall–Kier alpha value is -0.610. The summed E-state index contributed by atoms with van der Waals surface area (Å²) in [5, 5.41) is 20.8. The van der Waals surface area contributed by atoms with Crippen LogP contribution in [0.25, 0.3) is 0 Å². The second kappa shape index (κ2) is 4.75. The van der Waals surface area contributed by atoms with Crippen LogP contribution in [0.1, 0.15) is 32.6 Å². The van der Waals surface area contributed by atoms with Crippen LogP contribution in [0, 0.1) is 5.41 Å². The molecule has 1 aliphatic rings. The number of hydrogen-bond acceptors (Lipinski definition) is 3. The van der Waals surface area contributed by atoms with Gasteiger partial charge in [0.2, 0.25) is 0 Å². The highest BCUT2D eigenvalue weighted by molar-refractivity contribution is 5.67. The van der Waals surface area contributed by atoms with E-state index in [0.29, 0.717) is 12.0 Å². The fourth-order valence-corrected chi connectivity index (χ4v) is 1.77. The number of carboxylic acids is 1. The molecule has 0 bridgehead atoms. The predicted molar refractivity (Wildman–Crippen MR) is 53.1 cm³/mol. The highest BCUT2D eigenvalue weighted by Crippen LogP contribution is 2.39. The molecule has 82 valence electrons. The van der Waals surface area contributed by atoms with Crippen LogP contribution in [0.15, 0.2) is 0 Å². The Morgan fingerprint density at radius 2 is 2.21 bits per heavy atom. The van der Waals surface area contributed by atoms with E-state index in [4.69, 9.17) is 5.11 Å². The Balaban J connectivity index is 2.05. The Morgan fingerprint density at radius 1 is 1.57 bits per heavy atom. The van der Waals surface area contributed by atoms with Crippen molar-refractivity contribution in [3.8, 4) is 0 Å². The van der Waals surface area contributed by atoms with Crippen molar-refractivity contribution in [2.45, 2.75) is 38.7 Å². The van der Waals surface area contributed by atoms with E-state index in [1.54, 1.807) is 0 Å². The molecule has 0 aromatic carbocycles. The van der Waals surface area contributed by atoms with Gasteiger partial charge in [-0.1, -0.05) is 13.3 Å². The number of hydrogen-bond donors (Lipinski definition) is 3. The molecule has 0 heterocycles. The quantitative estimate of drug-likeness (QED) is 0.588. The van der Waals surface area contributed by atoms with E-state index in [1.807, 2.05) is 0 Å². The van der Waals surface area contributed by atoms with Crippen LogP contribution in [0.3, 0.4) is 0 Å². The lowest BCUT2D eigenvalue weighted by atomic mass is 9.70. The minimum absolute atomic E-state index is 0.177. The third kappa shape index (κ3) is 3.64. The monoisotopic (exact) mass is 201 g/mol. The molecule has 1 rings (SSSR count). The first-order valence-electron chi connectivity index (χ1n) is 5.12. The van der Waals surface area contributed by atoms with Crippen LogP contribution in [-0.2, 0) is 4.79 Å². The number of rotatable bonds is 6. The number of aliphatic hydroxyl groups is 1. The van der Waals surface area contributed by atoms with Crippen molar-refractivity contribution >= 4 is 5.97 Å². The molecular weight excluding hydrogens is 182 g/mol. The van der Waals surface area contributed by atoms with Crippen molar-refractivity contribution in [2.24, 2.45) is 5.41 Å². The second-order valence-electron chi connectivity index (χ2n) is 4.55. The summed E-state index contributed by atoms with van der Waals surface area (Å²) in [6.07, 6.45) is 2.81. The zero-order valence-electron chi connectivity index (χ0n) is 8.62. The van der Waals surface area contributed by atoms with Crippen molar-refractivity contribution in [2.75, 3.05) is 13.1 Å². The van der Waals surface area contributed by atoms with Gasteiger partial charge in [0, 0.05) is 13.1 Å². The Labute approximate surface area is 84.3 Å². The number of aliphatic carboxylic acids is 1. The lowest BCUT2D eigenvalue weighted by molar-refractivity contribution is -0.139. The van der Waals surface area contributed by atoms with Gasteiger partial charge in [-0.05, 0) is 18.3 Å². The van der Waals surface area contributed by atoms with E-state index in [9.17, 15) is 9.90 Å². The van der Waals surface area contributed by atoms with Gasteiger partial charge >= 0.3 is 5.97 Å². The number of nitrogens with one attached hydrogen (secondary N) is 1. The molecule has 0 amide bonds. The van der Waals surface area contributed by atoms with Crippen LogP contribution < -0.4 is 5.32 Å². The molecule has 1 atom stereocenters. The summed E-state index contributed by atoms with van der Waals surface area (Å²) in [4.78, 5) is 10.2. The summed E-state index contributed by atoms with van der Waals surface area (Å²) in [6.45, 7) is 3.47. The molecule has 0 radical (unpaired) electrons. The molecule has 1 unspecified atom stereocenters. The largest absolute Gasteiger partial charge is 0.481 e. The zero-order valence-corrected chi connectivity index (χ0v) is 8.62. The highest BCUT2D eigenvalue weighted by atomic mass is 16.4. The first-order valence-corrected chi connectivity index (χ1v) is 5.12. The lowest BCUT2D eigenvalue weighted by Crippen LogP contribution is -2.40. The molecule has 1 aliphatic carbocycles. The first kappa shape index (κ1) is 11.5. The van der Waals surface area contributed by atoms with Gasteiger partial charge < -0.3 is 15.5 Å². The van der Waals surface area contributed by atoms with Gasteiger partial charge in [-0.25, -0.2) is 0 Å². The topological polar surface area (TPSA) is 69.6 Å². The van der Waals surface area contributed by atoms with E-state index in [-0.39, 0.29) is 6.42 Å². The Morgan fingerprint density at radius 3 is 2.64 bits per heavy atom. The molecule has 14 heavy (non-hydrogen) atoms. The summed E-state index contributed by atoms with van der Waals surface area (Å²) in [7, 11) is 0. The fraction of sp³-hybridized carbons (Fsp3) is 0.900. The first-order chi connectivity index (χ1) is 6.52. The third-order valence-corrected chi connectivity index (χ3v) is 2.90. The van der Waals surface area contributed by atoms with Crippen molar-refractivity contribution < 1.29 is 15.0 Å². The van der Waals surface area contributed by atoms with E-state index in [0.717, 1.165) is 6.54 Å². The van der Waals surface area contributed by atoms with E-state index < -0.39 is 12.1 Å². The average molecular weight is 201 g/mol. The van der Waals surface area contributed by atoms with E-state index >= 15 is 0 Å². The molecular formula is C10H19NO3. The Kier molecular flexibility index (Phi) is 3.89. The minimum Gasteiger partial charge on any atom is -0.481 e. The predicted octanol–water partition coefficient (Wildman–Crippen LogP) is 0.602. The molecule has 0 aromatic rings. The van der Waals surface area contributed by atoms with E-state index in [2.05, 4.69) is 12.2 Å². The zero-order chi connectivity index (χ0) is 10.6. The summed E-state index contributed by atoms with van der Waals surface area (Å²) in [5.41, 5.74) is 0.378. The Bertz CT molecular complexity index is 202. The van der Waals surface area contributed by atoms with Crippen molar-refractivity contribution in [1.82, 2.24) is 5.32 Å². The average Bonchev–Trinajstić information content (AvgIpc) is 1.99. The molecule has 3 N–H and O–H groups in total. The van der Waals surface area contributed by atoms with Gasteiger partial charge in [-0.3, -0.25) is 4.79 Å². The maximum Gasteiger partial charge on any atom is 0.306 e. The standard InChI is InChI=1S/C10H19NO3/c1-10(3-2-4-10)7-11-6-8(12)5-9(13)14/h8,11-12H,2-7H2,1H3,(H,13,14). The number of carbonyl (C=O) groups is 1. The normalized spacial score (nSPS) is 21.3. The van der Waals surface area contributed by atoms with Crippen molar-refractivity contribution in [3.63, 3.8) is 0 Å². The number of aliphatic hydroxyl groups excluding tert-OH is 1. The summed E-state index contributed by atoms with van der Waals surface area (Å²) in [6, 6.07) is 0. The molecule has 1 fully saturated rings. The van der Waals surface area contributed by atoms with Gasteiger partial charge in [0.15, 0.2) is 0 Å². The molecule has 4 heteroatoms. The fourth-order valence-electron chi connectivity index (χ4n) is 1.77. The van der Waals surface area contributed by atoms with Gasteiger partial charge in [-0.15, -0.1) is 0 Å². The van der Waals surface area contributed by atoms with E-state index in [1.165, 1.54) is 19.3 Å². The third-order valence-electron chi connectivity index (χ3n) is 2.90. The molecule has 0 saturated heterocycles. The van der Waals surface area contributed by atoms with Crippen molar-refractivity contribution in [1.29, 1.82) is 0 Å². The van der Waals surface area contributed by atoms with Crippen LogP contribution in [0.4, 0.5) is 0 Å². The minimum atomic E-state index is -0.950. The molecule has 4 nitrogen and oxygen atoms in total. The maximum atomic E-state index is 10.2. The second-order valence-corrected chi connectivity index (χ2v) is 4.55. The van der Waals surface area contributed by atoms with Gasteiger partial charge in [-0.2, -0.15) is 0 Å². The van der Waals surface area contributed by atoms with Crippen LogP contribution in [-0.4, -0.2) is 35.4 Å². The van der Waals surface area contributed by atoms with Crippen LogP contribution in [0.2, 0.25) is 0 Å². The van der Waals surface area contributed by atoms with Gasteiger partial charge in [0.25, 0.3) is 0 Å². The smallest absolute Gasteiger partial charge is 0.306 e. The highest BCUT2D eigenvalue weighted by Gasteiger charge is 2.31.